The average Bonchev–Trinajstić information content (AvgIpc) is 2.25. The molecule has 4 heteroatoms. The number of halogens is 1. The summed E-state index contributed by atoms with van der Waals surface area (Å²) in [4.78, 5) is 11.9. The summed E-state index contributed by atoms with van der Waals surface area (Å²) in [6, 6.07) is 7.63. The van der Waals surface area contributed by atoms with Gasteiger partial charge in [-0.1, -0.05) is 26.0 Å². The molecule has 84 valence electrons. The molecule has 2 aromatic rings. The monoisotopic (exact) mass is 328 g/mol. The summed E-state index contributed by atoms with van der Waals surface area (Å²) in [6.45, 7) is 5.11. The van der Waals surface area contributed by atoms with Crippen molar-refractivity contribution in [2.75, 3.05) is 0 Å². The number of para-hydroxylation sites is 1. The van der Waals surface area contributed by atoms with Gasteiger partial charge < -0.3 is 0 Å². The van der Waals surface area contributed by atoms with Crippen LogP contribution in [0, 0.1) is 9.62 Å². The lowest BCUT2D eigenvalue weighted by Gasteiger charge is -2.12. The first-order valence-corrected chi connectivity index (χ1v) is 6.33. The van der Waals surface area contributed by atoms with Crippen LogP contribution in [0.4, 0.5) is 0 Å². The number of rotatable bonds is 2. The fraction of sp³-hybridized carbons (Fsp3) is 0.333. The predicted molar refractivity (Wildman–Crippen MR) is 73.6 cm³/mol. The molecule has 0 saturated heterocycles. The number of hydrogen-bond donors (Lipinski definition) is 0. The molecule has 0 saturated carbocycles. The zero-order chi connectivity index (χ0) is 11.7. The topological polar surface area (TPSA) is 34.9 Å². The second kappa shape index (κ2) is 4.53. The highest BCUT2D eigenvalue weighted by Gasteiger charge is 2.08. The fourth-order valence-electron chi connectivity index (χ4n) is 1.69. The van der Waals surface area contributed by atoms with Gasteiger partial charge in [-0.25, -0.2) is 0 Å². The molecular weight excluding hydrogens is 315 g/mol. The molecule has 16 heavy (non-hydrogen) atoms. The first kappa shape index (κ1) is 11.6. The Morgan fingerprint density at radius 1 is 1.38 bits per heavy atom. The minimum atomic E-state index is 0.0243. The summed E-state index contributed by atoms with van der Waals surface area (Å²) in [5, 5.41) is 5.08. The smallest absolute Gasteiger partial charge is 0.221 e. The van der Waals surface area contributed by atoms with Crippen LogP contribution in [0.15, 0.2) is 29.1 Å². The summed E-state index contributed by atoms with van der Waals surface area (Å²) in [5.74, 6) is 0.509. The largest absolute Gasteiger partial charge is 0.286 e. The Morgan fingerprint density at radius 2 is 2.06 bits per heavy atom. The summed E-state index contributed by atoms with van der Waals surface area (Å²) < 4.78 is 2.46. The Labute approximate surface area is 108 Å². The van der Waals surface area contributed by atoms with E-state index in [0.29, 0.717) is 9.62 Å². The third-order valence-electron chi connectivity index (χ3n) is 2.36. The van der Waals surface area contributed by atoms with Gasteiger partial charge in [0.05, 0.1) is 10.9 Å². The van der Waals surface area contributed by atoms with E-state index in [-0.39, 0.29) is 5.43 Å². The second-order valence-electron chi connectivity index (χ2n) is 4.21. The average molecular weight is 328 g/mol. The van der Waals surface area contributed by atoms with Crippen LogP contribution in [0.25, 0.3) is 10.9 Å². The van der Waals surface area contributed by atoms with Gasteiger partial charge in [0.1, 0.15) is 0 Å². The van der Waals surface area contributed by atoms with Crippen LogP contribution in [-0.2, 0) is 6.54 Å². The van der Waals surface area contributed by atoms with E-state index in [0.717, 1.165) is 17.4 Å². The minimum Gasteiger partial charge on any atom is -0.286 e. The van der Waals surface area contributed by atoms with Gasteiger partial charge in [-0.3, -0.25) is 9.48 Å². The molecule has 0 aliphatic rings. The summed E-state index contributed by atoms with van der Waals surface area (Å²) in [7, 11) is 0. The van der Waals surface area contributed by atoms with Crippen LogP contribution < -0.4 is 5.43 Å². The van der Waals surface area contributed by atoms with Crippen molar-refractivity contribution < 1.29 is 0 Å². The third kappa shape index (κ3) is 2.11. The van der Waals surface area contributed by atoms with Crippen LogP contribution in [0.5, 0.6) is 0 Å². The van der Waals surface area contributed by atoms with E-state index in [4.69, 9.17) is 0 Å². The van der Waals surface area contributed by atoms with Crippen LogP contribution in [0.1, 0.15) is 13.8 Å². The van der Waals surface area contributed by atoms with Crippen molar-refractivity contribution in [1.82, 2.24) is 9.78 Å². The molecule has 1 aromatic heterocycles. The normalized spacial score (nSPS) is 11.2. The van der Waals surface area contributed by atoms with Gasteiger partial charge in [0.25, 0.3) is 0 Å². The van der Waals surface area contributed by atoms with Gasteiger partial charge >= 0.3 is 0 Å². The van der Waals surface area contributed by atoms with E-state index in [2.05, 4.69) is 18.9 Å². The molecule has 0 bridgehead atoms. The highest BCUT2D eigenvalue weighted by molar-refractivity contribution is 14.1. The van der Waals surface area contributed by atoms with Crippen LogP contribution in [-0.4, -0.2) is 9.78 Å². The molecule has 3 nitrogen and oxygen atoms in total. The van der Waals surface area contributed by atoms with E-state index in [1.54, 1.807) is 0 Å². The Morgan fingerprint density at radius 3 is 2.75 bits per heavy atom. The SMILES string of the molecule is CC(C)Cn1nc(I)c(=O)c2ccccc21. The highest BCUT2D eigenvalue weighted by atomic mass is 127. The Balaban J connectivity index is 2.74. The van der Waals surface area contributed by atoms with Crippen LogP contribution >= 0.6 is 22.6 Å². The summed E-state index contributed by atoms with van der Waals surface area (Å²) in [6.07, 6.45) is 0. The molecular formula is C12H13IN2O. The Kier molecular flexibility index (Phi) is 3.28. The maximum atomic E-state index is 11.9. The van der Waals surface area contributed by atoms with Gasteiger partial charge in [-0.2, -0.15) is 5.10 Å². The second-order valence-corrected chi connectivity index (χ2v) is 5.23. The van der Waals surface area contributed by atoms with Crippen molar-refractivity contribution in [3.05, 3.63) is 38.2 Å². The molecule has 0 aliphatic carbocycles. The number of aromatic nitrogens is 2. The molecule has 1 aromatic carbocycles. The third-order valence-corrected chi connectivity index (χ3v) is 3.07. The Hall–Kier alpha value is -0.910. The molecule has 0 radical (unpaired) electrons. The van der Waals surface area contributed by atoms with Crippen molar-refractivity contribution in [1.29, 1.82) is 0 Å². The minimum absolute atomic E-state index is 0.0243. The lowest BCUT2D eigenvalue weighted by Crippen LogP contribution is -2.18. The van der Waals surface area contributed by atoms with Crippen molar-refractivity contribution >= 4 is 33.5 Å². The Bertz CT molecular complexity index is 575. The first-order valence-electron chi connectivity index (χ1n) is 5.25. The molecule has 0 atom stereocenters. The number of fused-ring (bicyclic) bond motifs is 1. The number of hydrogen-bond acceptors (Lipinski definition) is 2. The van der Waals surface area contributed by atoms with Crippen molar-refractivity contribution in [2.45, 2.75) is 20.4 Å². The van der Waals surface area contributed by atoms with E-state index < -0.39 is 0 Å². The van der Waals surface area contributed by atoms with E-state index >= 15 is 0 Å². The van der Waals surface area contributed by atoms with E-state index in [1.807, 2.05) is 51.5 Å². The fourth-order valence-corrected chi connectivity index (χ4v) is 2.24. The van der Waals surface area contributed by atoms with Crippen molar-refractivity contribution in [2.24, 2.45) is 5.92 Å². The molecule has 0 unspecified atom stereocenters. The molecule has 0 N–H and O–H groups in total. The lowest BCUT2D eigenvalue weighted by molar-refractivity contribution is 0.486. The van der Waals surface area contributed by atoms with Gasteiger partial charge in [0.2, 0.25) is 5.43 Å². The van der Waals surface area contributed by atoms with Crippen molar-refractivity contribution in [3.63, 3.8) is 0 Å². The molecule has 0 aliphatic heterocycles. The number of benzene rings is 1. The maximum absolute atomic E-state index is 11.9. The van der Waals surface area contributed by atoms with Crippen LogP contribution in [0.2, 0.25) is 0 Å². The van der Waals surface area contributed by atoms with Gasteiger partial charge in [-0.05, 0) is 40.6 Å². The van der Waals surface area contributed by atoms with E-state index in [9.17, 15) is 4.79 Å². The summed E-state index contributed by atoms with van der Waals surface area (Å²) in [5.41, 5.74) is 0.942. The zero-order valence-electron chi connectivity index (χ0n) is 9.27. The maximum Gasteiger partial charge on any atom is 0.221 e. The number of nitrogens with zero attached hydrogens (tertiary/aromatic N) is 2. The van der Waals surface area contributed by atoms with E-state index in [1.165, 1.54) is 0 Å². The van der Waals surface area contributed by atoms with Crippen molar-refractivity contribution in [3.8, 4) is 0 Å². The van der Waals surface area contributed by atoms with Crippen LogP contribution in [0.3, 0.4) is 0 Å². The molecule has 2 rings (SSSR count). The zero-order valence-corrected chi connectivity index (χ0v) is 11.4. The molecule has 0 amide bonds. The molecule has 1 heterocycles. The lowest BCUT2D eigenvalue weighted by atomic mass is 10.2. The highest BCUT2D eigenvalue weighted by Crippen LogP contribution is 2.12. The molecule has 0 spiro atoms. The quantitative estimate of drug-likeness (QED) is 0.795. The standard InChI is InChI=1S/C12H13IN2O/c1-8(2)7-15-10-6-4-3-5-9(10)11(16)12(13)14-15/h3-6,8H,7H2,1-2H3. The first-order chi connectivity index (χ1) is 7.59. The summed E-state index contributed by atoms with van der Waals surface area (Å²) >= 11 is 2.00. The van der Waals surface area contributed by atoms with Gasteiger partial charge in [0.15, 0.2) is 3.70 Å². The van der Waals surface area contributed by atoms with Gasteiger partial charge in [0, 0.05) is 6.54 Å². The predicted octanol–water partition coefficient (Wildman–Crippen LogP) is 2.66. The molecule has 0 fully saturated rings. The van der Waals surface area contributed by atoms with Gasteiger partial charge in [-0.15, -0.1) is 0 Å².